The lowest BCUT2D eigenvalue weighted by atomic mass is 9.89. The predicted molar refractivity (Wildman–Crippen MR) is 129 cm³/mol. The molecular weight excluding hydrogens is 400 g/mol. The fourth-order valence-electron chi connectivity index (χ4n) is 4.39. The number of aryl methyl sites for hydroxylation is 2. The number of ether oxygens (including phenoxy) is 2. The Balaban J connectivity index is 1.70. The van der Waals surface area contributed by atoms with Crippen molar-refractivity contribution in [3.05, 3.63) is 82.9 Å². The predicted octanol–water partition coefficient (Wildman–Crippen LogP) is 5.91. The van der Waals surface area contributed by atoms with Gasteiger partial charge in [-0.15, -0.1) is 0 Å². The van der Waals surface area contributed by atoms with Gasteiger partial charge in [0.15, 0.2) is 11.5 Å². The average molecular weight is 431 g/mol. The van der Waals surface area contributed by atoms with Gasteiger partial charge in [-0.05, 0) is 69.2 Å². The Kier molecular flexibility index (Phi) is 6.08. The highest BCUT2D eigenvalue weighted by molar-refractivity contribution is 6.07. The molecule has 0 bridgehead atoms. The smallest absolute Gasteiger partial charge is 0.258 e. The zero-order valence-electron chi connectivity index (χ0n) is 19.3. The fourth-order valence-corrected chi connectivity index (χ4v) is 4.39. The van der Waals surface area contributed by atoms with Crippen molar-refractivity contribution in [1.29, 1.82) is 0 Å². The molecule has 4 rings (SSSR count). The van der Waals surface area contributed by atoms with E-state index in [4.69, 9.17) is 9.47 Å². The molecule has 3 aromatic carbocycles. The van der Waals surface area contributed by atoms with Crippen LogP contribution in [0.4, 0.5) is 11.4 Å². The maximum Gasteiger partial charge on any atom is 0.258 e. The van der Waals surface area contributed by atoms with E-state index in [1.54, 1.807) is 32.4 Å². The summed E-state index contributed by atoms with van der Waals surface area (Å²) >= 11 is 0. The van der Waals surface area contributed by atoms with Crippen LogP contribution >= 0.6 is 0 Å². The van der Waals surface area contributed by atoms with Crippen molar-refractivity contribution in [1.82, 2.24) is 0 Å². The average Bonchev–Trinajstić information content (AvgIpc) is 2.80. The molecule has 2 atom stereocenters. The highest BCUT2D eigenvalue weighted by Crippen LogP contribution is 2.40. The van der Waals surface area contributed by atoms with Crippen molar-refractivity contribution in [2.45, 2.75) is 39.3 Å². The van der Waals surface area contributed by atoms with Gasteiger partial charge < -0.3 is 19.7 Å². The number of carbonyl (C=O) groups is 1. The molecule has 2 unspecified atom stereocenters. The summed E-state index contributed by atoms with van der Waals surface area (Å²) in [5, 5.41) is 3.68. The van der Waals surface area contributed by atoms with E-state index in [0.717, 1.165) is 23.4 Å². The molecule has 5 heteroatoms. The van der Waals surface area contributed by atoms with Gasteiger partial charge in [-0.25, -0.2) is 0 Å². The lowest BCUT2D eigenvalue weighted by Crippen LogP contribution is -2.44. The number of nitrogens with zero attached hydrogens (tertiary/aromatic N) is 1. The number of anilines is 2. The zero-order chi connectivity index (χ0) is 22.8. The van der Waals surface area contributed by atoms with Gasteiger partial charge in [0, 0.05) is 23.0 Å². The number of carbonyl (C=O) groups excluding carboxylic acids is 1. The Labute approximate surface area is 190 Å². The summed E-state index contributed by atoms with van der Waals surface area (Å²) in [4.78, 5) is 15.5. The zero-order valence-corrected chi connectivity index (χ0v) is 19.3. The highest BCUT2D eigenvalue weighted by Gasteiger charge is 2.34. The van der Waals surface area contributed by atoms with Crippen LogP contribution in [0.3, 0.4) is 0 Å². The number of rotatable bonds is 5. The number of fused-ring (bicyclic) bond motifs is 1. The number of hydrogen-bond donors (Lipinski definition) is 1. The first-order valence-corrected chi connectivity index (χ1v) is 10.9. The molecule has 166 valence electrons. The lowest BCUT2D eigenvalue weighted by molar-refractivity contribution is 0.0973. The largest absolute Gasteiger partial charge is 0.493 e. The molecule has 0 radical (unpaired) electrons. The van der Waals surface area contributed by atoms with Crippen molar-refractivity contribution < 1.29 is 14.3 Å². The van der Waals surface area contributed by atoms with Crippen LogP contribution < -0.4 is 19.7 Å². The quantitative estimate of drug-likeness (QED) is 0.546. The second kappa shape index (κ2) is 8.95. The molecule has 1 amide bonds. The van der Waals surface area contributed by atoms with E-state index in [9.17, 15) is 4.79 Å². The molecule has 3 aromatic rings. The molecule has 0 aliphatic carbocycles. The molecule has 1 heterocycles. The van der Waals surface area contributed by atoms with Gasteiger partial charge in [-0.2, -0.15) is 0 Å². The summed E-state index contributed by atoms with van der Waals surface area (Å²) in [6.07, 6.45) is 0.809. The summed E-state index contributed by atoms with van der Waals surface area (Å²) < 4.78 is 10.7. The number of nitrogens with one attached hydrogen (secondary N) is 1. The maximum atomic E-state index is 13.6. The second-order valence-electron chi connectivity index (χ2n) is 8.45. The number of amides is 1. The lowest BCUT2D eigenvalue weighted by Gasteiger charge is -2.40. The molecule has 1 aliphatic rings. The van der Waals surface area contributed by atoms with Crippen LogP contribution in [-0.4, -0.2) is 26.2 Å². The third-order valence-corrected chi connectivity index (χ3v) is 6.08. The van der Waals surface area contributed by atoms with Crippen LogP contribution in [-0.2, 0) is 0 Å². The first kappa shape index (κ1) is 21.8. The minimum Gasteiger partial charge on any atom is -0.493 e. The number of benzene rings is 3. The third kappa shape index (κ3) is 4.15. The maximum absolute atomic E-state index is 13.6. The van der Waals surface area contributed by atoms with Gasteiger partial charge in [-0.3, -0.25) is 4.79 Å². The molecule has 5 nitrogen and oxygen atoms in total. The fraction of sp³-hybridized carbons (Fsp3) is 0.296. The highest BCUT2D eigenvalue weighted by atomic mass is 16.5. The topological polar surface area (TPSA) is 50.8 Å². The Morgan fingerprint density at radius 2 is 1.59 bits per heavy atom. The van der Waals surface area contributed by atoms with Crippen LogP contribution in [0.25, 0.3) is 0 Å². The van der Waals surface area contributed by atoms with Crippen molar-refractivity contribution >= 4 is 17.3 Å². The van der Waals surface area contributed by atoms with Crippen LogP contribution in [0.5, 0.6) is 11.5 Å². The van der Waals surface area contributed by atoms with Gasteiger partial charge >= 0.3 is 0 Å². The summed E-state index contributed by atoms with van der Waals surface area (Å²) in [5.41, 5.74) is 6.14. The summed E-state index contributed by atoms with van der Waals surface area (Å²) in [5.74, 6) is 1.11. The Bertz CT molecular complexity index is 1120. The van der Waals surface area contributed by atoms with Crippen molar-refractivity contribution in [2.24, 2.45) is 0 Å². The third-order valence-electron chi connectivity index (χ3n) is 6.08. The summed E-state index contributed by atoms with van der Waals surface area (Å²) in [7, 11) is 3.17. The van der Waals surface area contributed by atoms with Crippen LogP contribution in [0.15, 0.2) is 60.7 Å². The van der Waals surface area contributed by atoms with E-state index in [-0.39, 0.29) is 18.0 Å². The molecule has 0 spiro atoms. The molecule has 32 heavy (non-hydrogen) atoms. The molecule has 0 saturated heterocycles. The van der Waals surface area contributed by atoms with Gasteiger partial charge in [-0.1, -0.05) is 35.4 Å². The van der Waals surface area contributed by atoms with Crippen molar-refractivity contribution in [3.8, 4) is 11.5 Å². The molecule has 1 N–H and O–H groups in total. The SMILES string of the molecule is COc1ccc(C(=O)N2c3ccc(C)cc3C(Nc3ccc(C)cc3)CC2C)cc1OC. The normalized spacial score (nSPS) is 17.5. The van der Waals surface area contributed by atoms with E-state index in [2.05, 4.69) is 68.6 Å². The van der Waals surface area contributed by atoms with Crippen LogP contribution in [0, 0.1) is 13.8 Å². The molecule has 1 aliphatic heterocycles. The van der Waals surface area contributed by atoms with Gasteiger partial charge in [0.2, 0.25) is 0 Å². The Morgan fingerprint density at radius 1 is 0.906 bits per heavy atom. The number of hydrogen-bond acceptors (Lipinski definition) is 4. The Morgan fingerprint density at radius 3 is 2.28 bits per heavy atom. The summed E-state index contributed by atoms with van der Waals surface area (Å²) in [6.45, 7) is 6.27. The monoisotopic (exact) mass is 430 g/mol. The van der Waals surface area contributed by atoms with Crippen LogP contribution in [0.2, 0.25) is 0 Å². The number of methoxy groups -OCH3 is 2. The van der Waals surface area contributed by atoms with Gasteiger partial charge in [0.05, 0.1) is 20.3 Å². The summed E-state index contributed by atoms with van der Waals surface area (Å²) in [6, 6.07) is 20.2. The molecule has 0 aromatic heterocycles. The Hall–Kier alpha value is -3.47. The molecule has 0 saturated carbocycles. The second-order valence-corrected chi connectivity index (χ2v) is 8.45. The molecular formula is C27H30N2O3. The van der Waals surface area contributed by atoms with Crippen LogP contribution in [0.1, 0.15) is 46.4 Å². The first-order chi connectivity index (χ1) is 15.4. The molecule has 0 fully saturated rings. The van der Waals surface area contributed by atoms with Crippen molar-refractivity contribution in [3.63, 3.8) is 0 Å². The van der Waals surface area contributed by atoms with E-state index >= 15 is 0 Å². The van der Waals surface area contributed by atoms with E-state index in [1.165, 1.54) is 11.1 Å². The minimum atomic E-state index is -0.0441. The van der Waals surface area contributed by atoms with E-state index in [0.29, 0.717) is 17.1 Å². The van der Waals surface area contributed by atoms with Crippen molar-refractivity contribution in [2.75, 3.05) is 24.4 Å². The van der Waals surface area contributed by atoms with Gasteiger partial charge in [0.25, 0.3) is 5.91 Å². The van der Waals surface area contributed by atoms with Gasteiger partial charge in [0.1, 0.15) is 0 Å². The van der Waals surface area contributed by atoms with E-state index in [1.807, 2.05) is 4.90 Å². The standard InChI is InChI=1S/C27H30N2O3/c1-17-6-10-21(11-7-17)28-23-15-19(3)29(24-12-8-18(2)14-22(23)24)27(30)20-9-13-25(31-4)26(16-20)32-5/h6-14,16,19,23,28H,15H2,1-5H3. The first-order valence-electron chi connectivity index (χ1n) is 10.9. The van der Waals surface area contributed by atoms with E-state index < -0.39 is 0 Å². The minimum absolute atomic E-state index is 0.0220.